The van der Waals surface area contributed by atoms with Crippen LogP contribution in [-0.4, -0.2) is 27.6 Å². The van der Waals surface area contributed by atoms with E-state index in [2.05, 4.69) is 21.7 Å². The Kier molecular flexibility index (Phi) is 4.19. The molecule has 27 heavy (non-hydrogen) atoms. The van der Waals surface area contributed by atoms with Crippen LogP contribution in [0.2, 0.25) is 0 Å². The molecule has 3 heterocycles. The molecule has 0 saturated carbocycles. The number of benzene rings is 1. The lowest BCUT2D eigenvalue weighted by atomic mass is 10.2. The number of imidazole rings is 1. The zero-order valence-corrected chi connectivity index (χ0v) is 15.8. The van der Waals surface area contributed by atoms with Crippen molar-refractivity contribution in [2.75, 3.05) is 4.72 Å². The minimum absolute atomic E-state index is 0.170. The summed E-state index contributed by atoms with van der Waals surface area (Å²) in [5, 5.41) is 4.13. The number of pyridine rings is 1. The van der Waals surface area contributed by atoms with Crippen molar-refractivity contribution in [3.05, 3.63) is 72.3 Å². The van der Waals surface area contributed by atoms with Gasteiger partial charge in [-0.2, -0.15) is 5.10 Å². The molecule has 0 aliphatic rings. The molecule has 3 aromatic heterocycles. The molecular weight excluding hydrogens is 362 g/mol. The van der Waals surface area contributed by atoms with Crippen molar-refractivity contribution in [1.29, 1.82) is 0 Å². The van der Waals surface area contributed by atoms with E-state index < -0.39 is 10.0 Å². The van der Waals surface area contributed by atoms with Gasteiger partial charge in [0.15, 0.2) is 5.82 Å². The fraction of sp³-hybridized carbons (Fsp3) is 0.158. The Labute approximate surface area is 157 Å². The second-order valence-corrected chi connectivity index (χ2v) is 7.90. The van der Waals surface area contributed by atoms with Crippen LogP contribution in [0.15, 0.2) is 66.0 Å². The Morgan fingerprint density at radius 3 is 2.56 bits per heavy atom. The van der Waals surface area contributed by atoms with E-state index in [1.807, 2.05) is 35.7 Å². The summed E-state index contributed by atoms with van der Waals surface area (Å²) in [7, 11) is -3.74. The minimum Gasteiger partial charge on any atom is -0.302 e. The van der Waals surface area contributed by atoms with E-state index in [-0.39, 0.29) is 4.90 Å². The van der Waals surface area contributed by atoms with Crippen molar-refractivity contribution < 1.29 is 8.42 Å². The fourth-order valence-corrected chi connectivity index (χ4v) is 3.96. The molecule has 0 atom stereocenters. The largest absolute Gasteiger partial charge is 0.302 e. The molecule has 1 N–H and O–H groups in total. The highest BCUT2D eigenvalue weighted by atomic mass is 32.2. The topological polar surface area (TPSA) is 81.3 Å². The van der Waals surface area contributed by atoms with Crippen LogP contribution in [0.5, 0.6) is 0 Å². The van der Waals surface area contributed by atoms with Crippen molar-refractivity contribution in [1.82, 2.24) is 19.2 Å². The molecule has 0 bridgehead atoms. The summed E-state index contributed by atoms with van der Waals surface area (Å²) in [6.07, 6.45) is 6.35. The maximum Gasteiger partial charge on any atom is 0.263 e. The van der Waals surface area contributed by atoms with Gasteiger partial charge in [-0.3, -0.25) is 4.72 Å². The van der Waals surface area contributed by atoms with Crippen molar-refractivity contribution in [3.63, 3.8) is 0 Å². The average molecular weight is 381 g/mol. The Morgan fingerprint density at radius 2 is 1.89 bits per heavy atom. The van der Waals surface area contributed by atoms with Crippen molar-refractivity contribution in [2.45, 2.75) is 25.2 Å². The molecule has 138 valence electrons. The maximum absolute atomic E-state index is 12.8. The van der Waals surface area contributed by atoms with Crippen LogP contribution in [0.3, 0.4) is 0 Å². The molecule has 8 heteroatoms. The van der Waals surface area contributed by atoms with E-state index in [1.54, 1.807) is 41.3 Å². The first-order chi connectivity index (χ1) is 13.0. The highest BCUT2D eigenvalue weighted by Gasteiger charge is 2.18. The number of nitrogens with one attached hydrogen (secondary N) is 1. The number of hydrogen-bond donors (Lipinski definition) is 1. The highest BCUT2D eigenvalue weighted by molar-refractivity contribution is 7.92. The summed E-state index contributed by atoms with van der Waals surface area (Å²) in [6, 6.07) is 12.2. The van der Waals surface area contributed by atoms with Gasteiger partial charge in [0.1, 0.15) is 5.65 Å². The molecule has 1 aromatic carbocycles. The van der Waals surface area contributed by atoms with Gasteiger partial charge < -0.3 is 4.40 Å². The number of sulfonamides is 1. The molecule has 0 fully saturated rings. The Morgan fingerprint density at radius 1 is 1.11 bits per heavy atom. The molecule has 0 aliphatic carbocycles. The van der Waals surface area contributed by atoms with Gasteiger partial charge in [0.05, 0.1) is 16.3 Å². The number of hydrogen-bond acceptors (Lipinski definition) is 4. The first kappa shape index (κ1) is 17.3. The first-order valence-electron chi connectivity index (χ1n) is 8.58. The van der Waals surface area contributed by atoms with E-state index in [9.17, 15) is 8.42 Å². The lowest BCUT2D eigenvalue weighted by molar-refractivity contribution is 0.601. The quantitative estimate of drug-likeness (QED) is 0.576. The van der Waals surface area contributed by atoms with E-state index in [0.717, 1.165) is 23.4 Å². The van der Waals surface area contributed by atoms with Crippen molar-refractivity contribution in [2.24, 2.45) is 0 Å². The maximum atomic E-state index is 12.8. The van der Waals surface area contributed by atoms with Gasteiger partial charge in [-0.1, -0.05) is 13.0 Å². The van der Waals surface area contributed by atoms with Crippen LogP contribution in [0.25, 0.3) is 11.3 Å². The molecule has 4 aromatic rings. The van der Waals surface area contributed by atoms with E-state index in [0.29, 0.717) is 11.5 Å². The predicted octanol–water partition coefficient (Wildman–Crippen LogP) is 3.19. The van der Waals surface area contributed by atoms with Crippen molar-refractivity contribution in [3.8, 4) is 5.69 Å². The molecule has 4 rings (SSSR count). The van der Waals surface area contributed by atoms with Gasteiger partial charge in [0.25, 0.3) is 10.0 Å². The molecule has 0 aliphatic heterocycles. The second-order valence-electron chi connectivity index (χ2n) is 6.21. The van der Waals surface area contributed by atoms with E-state index in [1.165, 1.54) is 0 Å². The molecule has 0 saturated heterocycles. The third kappa shape index (κ3) is 3.19. The number of aryl methyl sites for hydroxylation is 2. The predicted molar refractivity (Wildman–Crippen MR) is 104 cm³/mol. The fourth-order valence-electron chi connectivity index (χ4n) is 2.90. The molecular formula is C19H19N5O2S. The molecule has 0 unspecified atom stereocenters. The Hall–Kier alpha value is -3.13. The van der Waals surface area contributed by atoms with Crippen LogP contribution in [0.4, 0.5) is 5.82 Å². The SMILES string of the molecule is CCc1ccc2nc(NS(=O)(=O)c3ccc(-n4cccn4)cc3)c(C)n2c1. The van der Waals surface area contributed by atoms with E-state index in [4.69, 9.17) is 0 Å². The van der Waals surface area contributed by atoms with Crippen molar-refractivity contribution >= 4 is 21.5 Å². The normalized spacial score (nSPS) is 11.8. The van der Waals surface area contributed by atoms with Gasteiger partial charge in [0, 0.05) is 18.6 Å². The number of aromatic nitrogens is 4. The van der Waals surface area contributed by atoms with Crippen LogP contribution in [0.1, 0.15) is 18.2 Å². The van der Waals surface area contributed by atoms with Gasteiger partial charge in [-0.25, -0.2) is 18.1 Å². The van der Waals surface area contributed by atoms with Gasteiger partial charge in [-0.15, -0.1) is 0 Å². The molecule has 0 amide bonds. The Balaban J connectivity index is 1.65. The summed E-state index contributed by atoms with van der Waals surface area (Å²) >= 11 is 0. The first-order valence-corrected chi connectivity index (χ1v) is 10.1. The third-order valence-corrected chi connectivity index (χ3v) is 5.83. The third-order valence-electron chi connectivity index (χ3n) is 4.47. The Bertz CT molecular complexity index is 1190. The summed E-state index contributed by atoms with van der Waals surface area (Å²) in [5.74, 6) is 0.333. The zero-order chi connectivity index (χ0) is 19.0. The lowest BCUT2D eigenvalue weighted by Crippen LogP contribution is -2.14. The number of fused-ring (bicyclic) bond motifs is 1. The minimum atomic E-state index is -3.74. The van der Waals surface area contributed by atoms with E-state index >= 15 is 0 Å². The molecule has 0 spiro atoms. The number of nitrogens with zero attached hydrogens (tertiary/aromatic N) is 4. The summed E-state index contributed by atoms with van der Waals surface area (Å²) < 4.78 is 31.7. The summed E-state index contributed by atoms with van der Waals surface area (Å²) in [6.45, 7) is 3.92. The van der Waals surface area contributed by atoms with Gasteiger partial charge in [0.2, 0.25) is 0 Å². The lowest BCUT2D eigenvalue weighted by Gasteiger charge is -2.08. The second kappa shape index (κ2) is 6.55. The van der Waals surface area contributed by atoms with Gasteiger partial charge in [-0.05, 0) is 55.3 Å². The summed E-state index contributed by atoms with van der Waals surface area (Å²) in [4.78, 5) is 4.59. The van der Waals surface area contributed by atoms with Gasteiger partial charge >= 0.3 is 0 Å². The van der Waals surface area contributed by atoms with Crippen LogP contribution >= 0.6 is 0 Å². The highest BCUT2D eigenvalue weighted by Crippen LogP contribution is 2.22. The smallest absolute Gasteiger partial charge is 0.263 e. The summed E-state index contributed by atoms with van der Waals surface area (Å²) in [5.41, 5.74) is 3.40. The molecule has 0 radical (unpaired) electrons. The number of rotatable bonds is 5. The zero-order valence-electron chi connectivity index (χ0n) is 15.0. The van der Waals surface area contributed by atoms with Crippen LogP contribution in [-0.2, 0) is 16.4 Å². The van der Waals surface area contributed by atoms with Crippen LogP contribution < -0.4 is 4.72 Å². The van der Waals surface area contributed by atoms with Crippen LogP contribution in [0, 0.1) is 6.92 Å². The average Bonchev–Trinajstić information content (AvgIpc) is 3.31. The molecule has 7 nitrogen and oxygen atoms in total. The number of anilines is 1. The monoisotopic (exact) mass is 381 g/mol. The standard InChI is InChI=1S/C19H19N5O2S/c1-3-15-5-10-18-21-19(14(2)23(18)13-15)22-27(25,26)17-8-6-16(7-9-17)24-12-4-11-20-24/h4-13,22H,3H2,1-2H3.